The van der Waals surface area contributed by atoms with Gasteiger partial charge in [-0.2, -0.15) is 0 Å². The molecule has 2 aliphatic heterocycles. The fourth-order valence-electron chi connectivity index (χ4n) is 4.42. The smallest absolute Gasteiger partial charge is 0.263 e. The van der Waals surface area contributed by atoms with Crippen molar-refractivity contribution < 1.29 is 23.4 Å². The molecule has 0 radical (unpaired) electrons. The van der Waals surface area contributed by atoms with Crippen molar-refractivity contribution in [2.45, 2.75) is 51.9 Å². The summed E-state index contributed by atoms with van der Waals surface area (Å²) in [5.41, 5.74) is 8.47. The quantitative estimate of drug-likeness (QED) is 0.478. The van der Waals surface area contributed by atoms with Gasteiger partial charge < -0.3 is 30.2 Å². The number of halogens is 1. The van der Waals surface area contributed by atoms with Crippen LogP contribution in [0.3, 0.4) is 0 Å². The maximum atomic E-state index is 14.4. The lowest BCUT2D eigenvalue weighted by Gasteiger charge is -2.34. The lowest BCUT2D eigenvalue weighted by atomic mass is 10.0. The first-order valence-electron chi connectivity index (χ1n) is 12.4. The minimum Gasteiger partial charge on any atom is -0.489 e. The van der Waals surface area contributed by atoms with Gasteiger partial charge in [-0.15, -0.1) is 0 Å². The standard InChI is InChI=1S/C27H33FN4O4S/c1-4-19-20(28)6-5-7-22(19)32-11-9-21(24(25(29)37)26(32)33)31-12-17-8-10-30-13-23(17)34-14-18-15-36-27(2,3)16-35-18/h5-8,10,13,18,31H,4,9,11-12,14-16H2,1-3H3,(H2,29,37). The number of carbonyl (C=O) groups is 1. The van der Waals surface area contributed by atoms with Gasteiger partial charge in [0.25, 0.3) is 5.91 Å². The van der Waals surface area contributed by atoms with Crippen molar-refractivity contribution in [3.63, 3.8) is 0 Å². The number of benzene rings is 1. The number of hydrogen-bond donors (Lipinski definition) is 2. The Morgan fingerprint density at radius 1 is 1.38 bits per heavy atom. The van der Waals surface area contributed by atoms with E-state index in [2.05, 4.69) is 10.3 Å². The molecule has 1 aromatic heterocycles. The highest BCUT2D eigenvalue weighted by atomic mass is 32.1. The van der Waals surface area contributed by atoms with Crippen molar-refractivity contribution in [2.75, 3.05) is 31.3 Å². The van der Waals surface area contributed by atoms with Crippen molar-refractivity contribution in [1.82, 2.24) is 10.3 Å². The van der Waals surface area contributed by atoms with Crippen molar-refractivity contribution in [3.8, 4) is 5.75 Å². The van der Waals surface area contributed by atoms with E-state index in [1.54, 1.807) is 29.4 Å². The Hall–Kier alpha value is -3.08. The van der Waals surface area contributed by atoms with Gasteiger partial charge >= 0.3 is 0 Å². The van der Waals surface area contributed by atoms with E-state index in [1.165, 1.54) is 6.07 Å². The van der Waals surface area contributed by atoms with Crippen LogP contribution in [-0.4, -0.2) is 54.0 Å². The zero-order chi connectivity index (χ0) is 26.6. The van der Waals surface area contributed by atoms with Crippen LogP contribution in [0.1, 0.15) is 38.3 Å². The van der Waals surface area contributed by atoms with Crippen LogP contribution >= 0.6 is 12.2 Å². The summed E-state index contributed by atoms with van der Waals surface area (Å²) in [6, 6.07) is 6.60. The molecule has 1 saturated heterocycles. The largest absolute Gasteiger partial charge is 0.489 e. The fourth-order valence-corrected chi connectivity index (χ4v) is 4.63. The summed E-state index contributed by atoms with van der Waals surface area (Å²) >= 11 is 5.24. The van der Waals surface area contributed by atoms with Gasteiger partial charge in [0.2, 0.25) is 0 Å². The molecule has 1 aromatic carbocycles. The zero-order valence-corrected chi connectivity index (χ0v) is 22.2. The number of aromatic nitrogens is 1. The summed E-state index contributed by atoms with van der Waals surface area (Å²) in [6.07, 6.45) is 4.11. The van der Waals surface area contributed by atoms with Gasteiger partial charge in [0.15, 0.2) is 0 Å². The van der Waals surface area contributed by atoms with Crippen LogP contribution in [0.4, 0.5) is 10.1 Å². The van der Waals surface area contributed by atoms with Crippen molar-refractivity contribution >= 4 is 28.8 Å². The molecule has 1 amide bonds. The summed E-state index contributed by atoms with van der Waals surface area (Å²) in [7, 11) is 0. The van der Waals surface area contributed by atoms with E-state index >= 15 is 0 Å². The highest BCUT2D eigenvalue weighted by molar-refractivity contribution is 7.80. The minimum absolute atomic E-state index is 0.00442. The monoisotopic (exact) mass is 528 g/mol. The van der Waals surface area contributed by atoms with Crippen molar-refractivity contribution in [2.24, 2.45) is 5.73 Å². The van der Waals surface area contributed by atoms with Crippen LogP contribution in [0.5, 0.6) is 5.75 Å². The Kier molecular flexibility index (Phi) is 8.41. The maximum Gasteiger partial charge on any atom is 0.263 e. The molecule has 1 unspecified atom stereocenters. The van der Waals surface area contributed by atoms with Gasteiger partial charge in [-0.3, -0.25) is 9.78 Å². The third kappa shape index (κ3) is 6.26. The van der Waals surface area contributed by atoms with Gasteiger partial charge in [0.05, 0.1) is 36.3 Å². The first kappa shape index (κ1) is 27.0. The van der Waals surface area contributed by atoms with Crippen LogP contribution in [0, 0.1) is 5.82 Å². The van der Waals surface area contributed by atoms with Crippen LogP contribution < -0.4 is 20.7 Å². The van der Waals surface area contributed by atoms with Gasteiger partial charge in [0.1, 0.15) is 29.3 Å². The molecule has 4 rings (SSSR count). The third-order valence-electron chi connectivity index (χ3n) is 6.44. The number of hydrogen-bond acceptors (Lipinski definition) is 7. The molecule has 1 fully saturated rings. The fraction of sp³-hybridized carbons (Fsp3) is 0.444. The number of nitrogens with two attached hydrogens (primary N) is 1. The highest BCUT2D eigenvalue weighted by Gasteiger charge is 2.32. The van der Waals surface area contributed by atoms with E-state index in [4.69, 9.17) is 32.2 Å². The van der Waals surface area contributed by atoms with E-state index in [1.807, 2.05) is 26.8 Å². The second kappa shape index (κ2) is 11.5. The summed E-state index contributed by atoms with van der Waals surface area (Å²) in [6.45, 7) is 7.86. The second-order valence-electron chi connectivity index (χ2n) is 9.67. The zero-order valence-electron chi connectivity index (χ0n) is 21.4. The topological polar surface area (TPSA) is 98.9 Å². The normalized spacial score (nSPS) is 19.6. The number of ether oxygens (including phenoxy) is 3. The Labute approximate surface area is 222 Å². The third-order valence-corrected chi connectivity index (χ3v) is 6.65. The molecule has 37 heavy (non-hydrogen) atoms. The predicted molar refractivity (Wildman–Crippen MR) is 143 cm³/mol. The molecule has 3 N–H and O–H groups in total. The summed E-state index contributed by atoms with van der Waals surface area (Å²) in [4.78, 5) is 19.2. The molecule has 8 nitrogen and oxygen atoms in total. The van der Waals surface area contributed by atoms with Crippen molar-refractivity contribution in [1.29, 1.82) is 0 Å². The molecule has 3 heterocycles. The molecule has 2 aromatic rings. The number of amides is 1. The molecule has 10 heteroatoms. The SMILES string of the molecule is CCc1c(F)cccc1N1CCC(NCc2ccncc2OCC2COC(C)(C)CO2)=C(C(N)=S)C1=O. The lowest BCUT2D eigenvalue weighted by Crippen LogP contribution is -2.44. The van der Waals surface area contributed by atoms with Crippen molar-refractivity contribution in [3.05, 3.63) is 64.9 Å². The van der Waals surface area contributed by atoms with Gasteiger partial charge in [0, 0.05) is 42.5 Å². The summed E-state index contributed by atoms with van der Waals surface area (Å²) < 4.78 is 32.0. The van der Waals surface area contributed by atoms with Crippen LogP contribution in [0.15, 0.2) is 47.9 Å². The number of pyridine rings is 1. The molecule has 198 valence electrons. The number of carbonyl (C=O) groups excluding carboxylic acids is 1. The first-order valence-corrected chi connectivity index (χ1v) is 12.8. The molecule has 1 atom stereocenters. The van der Waals surface area contributed by atoms with Crippen LogP contribution in [-0.2, 0) is 27.2 Å². The van der Waals surface area contributed by atoms with E-state index < -0.39 is 0 Å². The molecular weight excluding hydrogens is 495 g/mol. The second-order valence-corrected chi connectivity index (χ2v) is 10.1. The van der Waals surface area contributed by atoms with E-state index in [0.717, 1.165) is 5.56 Å². The molecular formula is C27H33FN4O4S. The Bertz CT molecular complexity index is 1190. The van der Waals surface area contributed by atoms with E-state index in [9.17, 15) is 9.18 Å². The average molecular weight is 529 g/mol. The molecule has 0 saturated carbocycles. The van der Waals surface area contributed by atoms with E-state index in [0.29, 0.717) is 68.4 Å². The molecule has 2 aliphatic rings. The van der Waals surface area contributed by atoms with Crippen LogP contribution in [0.2, 0.25) is 0 Å². The maximum absolute atomic E-state index is 14.4. The summed E-state index contributed by atoms with van der Waals surface area (Å²) in [5.74, 6) is -0.0705. The highest BCUT2D eigenvalue weighted by Crippen LogP contribution is 2.30. The molecule has 0 spiro atoms. The molecule has 0 bridgehead atoms. The summed E-state index contributed by atoms with van der Waals surface area (Å²) in [5, 5.41) is 3.33. The van der Waals surface area contributed by atoms with Gasteiger partial charge in [-0.1, -0.05) is 25.2 Å². The Morgan fingerprint density at radius 3 is 2.89 bits per heavy atom. The van der Waals surface area contributed by atoms with Crippen LogP contribution in [0.25, 0.3) is 0 Å². The predicted octanol–water partition coefficient (Wildman–Crippen LogP) is 3.42. The average Bonchev–Trinajstić information content (AvgIpc) is 2.87. The first-order chi connectivity index (χ1) is 17.7. The lowest BCUT2D eigenvalue weighted by molar-refractivity contribution is -0.181. The Morgan fingerprint density at radius 2 is 2.19 bits per heavy atom. The number of thiocarbonyl (C=S) groups is 1. The van der Waals surface area contributed by atoms with Gasteiger partial charge in [-0.05, 0) is 38.5 Å². The number of rotatable bonds is 9. The molecule has 0 aliphatic carbocycles. The van der Waals surface area contributed by atoms with E-state index in [-0.39, 0.29) is 34.0 Å². The Balaban J connectivity index is 1.47. The number of nitrogens with one attached hydrogen (secondary N) is 1. The van der Waals surface area contributed by atoms with Gasteiger partial charge in [-0.25, -0.2) is 4.39 Å². The number of nitrogens with zero attached hydrogens (tertiary/aromatic N) is 2. The minimum atomic E-state index is -0.342. The number of anilines is 1.